The summed E-state index contributed by atoms with van der Waals surface area (Å²) in [6.45, 7) is 2.44. The fraction of sp³-hybridized carbons (Fsp3) is 0.211. The van der Waals surface area contributed by atoms with Gasteiger partial charge in [0.2, 0.25) is 0 Å². The first kappa shape index (κ1) is 17.1. The number of allylic oxidation sites excluding steroid dienone is 1. The number of benzene rings is 2. The second kappa shape index (κ2) is 6.78. The third-order valence-electron chi connectivity index (χ3n) is 4.36. The Balaban J connectivity index is 1.63. The van der Waals surface area contributed by atoms with E-state index in [1.54, 1.807) is 6.07 Å². The Morgan fingerprint density at radius 2 is 2.12 bits per heavy atom. The normalized spacial score (nSPS) is 21.5. The van der Waals surface area contributed by atoms with Gasteiger partial charge < -0.3 is 9.47 Å². The molecule has 0 bridgehead atoms. The van der Waals surface area contributed by atoms with Crippen LogP contribution in [0.15, 0.2) is 47.4 Å². The molecule has 1 N–H and O–H groups in total. The second-order valence-corrected chi connectivity index (χ2v) is 7.83. The van der Waals surface area contributed by atoms with E-state index in [1.165, 1.54) is 6.08 Å². The van der Waals surface area contributed by atoms with Gasteiger partial charge in [0.05, 0.1) is 16.5 Å². The number of ether oxygens (including phenoxy) is 2. The zero-order chi connectivity index (χ0) is 18.3. The van der Waals surface area contributed by atoms with E-state index < -0.39 is 11.0 Å². The molecule has 134 valence electrons. The number of rotatable bonds is 3. The topological polar surface area (TPSA) is 64.6 Å². The largest absolute Gasteiger partial charge is 0.493 e. The van der Waals surface area contributed by atoms with Gasteiger partial charge in [0, 0.05) is 23.6 Å². The molecule has 2 heterocycles. The first-order valence-corrected chi connectivity index (χ1v) is 9.69. The minimum absolute atomic E-state index is 0.115. The smallest absolute Gasteiger partial charge is 0.256 e. The van der Waals surface area contributed by atoms with Gasteiger partial charge in [0.25, 0.3) is 5.91 Å². The highest BCUT2D eigenvalue weighted by Gasteiger charge is 2.32. The molecule has 0 saturated carbocycles. The SMILES string of the molecule is Cc1ccc(Oc2ccc3c(c2)OCCC3C2=CC(=O)NS2=O)c(Cl)c1. The molecule has 0 aliphatic carbocycles. The minimum atomic E-state index is -1.48. The van der Waals surface area contributed by atoms with Gasteiger partial charge in [-0.1, -0.05) is 23.7 Å². The predicted octanol–water partition coefficient (Wildman–Crippen LogP) is 3.98. The first-order valence-electron chi connectivity index (χ1n) is 8.16. The van der Waals surface area contributed by atoms with E-state index in [1.807, 2.05) is 37.3 Å². The van der Waals surface area contributed by atoms with Gasteiger partial charge in [-0.05, 0) is 37.1 Å². The molecule has 26 heavy (non-hydrogen) atoms. The van der Waals surface area contributed by atoms with E-state index in [-0.39, 0.29) is 11.8 Å². The summed E-state index contributed by atoms with van der Waals surface area (Å²) in [5, 5.41) is 0.539. The molecule has 2 aliphatic heterocycles. The number of carbonyl (C=O) groups excluding carboxylic acids is 1. The van der Waals surface area contributed by atoms with E-state index in [0.717, 1.165) is 11.1 Å². The summed E-state index contributed by atoms with van der Waals surface area (Å²) in [6.07, 6.45) is 2.09. The zero-order valence-corrected chi connectivity index (χ0v) is 15.5. The van der Waals surface area contributed by atoms with Gasteiger partial charge in [-0.25, -0.2) is 4.21 Å². The van der Waals surface area contributed by atoms with Crippen molar-refractivity contribution in [2.75, 3.05) is 6.61 Å². The maximum absolute atomic E-state index is 12.1. The second-order valence-electron chi connectivity index (χ2n) is 6.21. The molecule has 2 unspecified atom stereocenters. The number of nitrogens with one attached hydrogen (secondary N) is 1. The number of hydrogen-bond donors (Lipinski definition) is 1. The van der Waals surface area contributed by atoms with Crippen LogP contribution >= 0.6 is 11.6 Å². The quantitative estimate of drug-likeness (QED) is 0.862. The van der Waals surface area contributed by atoms with Crippen LogP contribution in [0.2, 0.25) is 5.02 Å². The van der Waals surface area contributed by atoms with Crippen LogP contribution in [0.25, 0.3) is 0 Å². The van der Waals surface area contributed by atoms with Crippen molar-refractivity contribution in [1.29, 1.82) is 0 Å². The van der Waals surface area contributed by atoms with Gasteiger partial charge in [-0.3, -0.25) is 9.52 Å². The maximum Gasteiger partial charge on any atom is 0.256 e. The lowest BCUT2D eigenvalue weighted by Gasteiger charge is -2.26. The van der Waals surface area contributed by atoms with E-state index in [4.69, 9.17) is 21.1 Å². The van der Waals surface area contributed by atoms with Gasteiger partial charge in [-0.2, -0.15) is 0 Å². The Bertz CT molecular complexity index is 957. The zero-order valence-electron chi connectivity index (χ0n) is 14.0. The van der Waals surface area contributed by atoms with Crippen LogP contribution in [0.1, 0.15) is 23.5 Å². The van der Waals surface area contributed by atoms with Crippen molar-refractivity contribution in [3.63, 3.8) is 0 Å². The van der Waals surface area contributed by atoms with Crippen LogP contribution in [-0.4, -0.2) is 16.7 Å². The van der Waals surface area contributed by atoms with Crippen molar-refractivity contribution in [3.05, 3.63) is 63.5 Å². The third kappa shape index (κ3) is 3.22. The number of halogens is 1. The molecule has 0 fully saturated rings. The monoisotopic (exact) mass is 389 g/mol. The van der Waals surface area contributed by atoms with Crippen LogP contribution in [0.3, 0.4) is 0 Å². The van der Waals surface area contributed by atoms with Crippen LogP contribution < -0.4 is 14.2 Å². The summed E-state index contributed by atoms with van der Waals surface area (Å²) in [5.74, 6) is 1.40. The van der Waals surface area contributed by atoms with Crippen molar-refractivity contribution in [2.45, 2.75) is 19.3 Å². The molecule has 0 spiro atoms. The van der Waals surface area contributed by atoms with Gasteiger partial charge in [0.15, 0.2) is 0 Å². The van der Waals surface area contributed by atoms with Crippen molar-refractivity contribution < 1.29 is 18.5 Å². The van der Waals surface area contributed by atoms with Crippen molar-refractivity contribution in [2.24, 2.45) is 0 Å². The average Bonchev–Trinajstić information content (AvgIpc) is 2.95. The number of fused-ring (bicyclic) bond motifs is 1. The Hall–Kier alpha value is -2.31. The van der Waals surface area contributed by atoms with Crippen LogP contribution in [0.4, 0.5) is 0 Å². The van der Waals surface area contributed by atoms with Crippen LogP contribution in [0, 0.1) is 6.92 Å². The third-order valence-corrected chi connectivity index (χ3v) is 5.88. The van der Waals surface area contributed by atoms with E-state index >= 15 is 0 Å². The van der Waals surface area contributed by atoms with Gasteiger partial charge in [0.1, 0.15) is 28.2 Å². The minimum Gasteiger partial charge on any atom is -0.493 e. The van der Waals surface area contributed by atoms with Crippen LogP contribution in [-0.2, 0) is 15.8 Å². The summed E-state index contributed by atoms with van der Waals surface area (Å²) in [5.41, 5.74) is 1.95. The summed E-state index contributed by atoms with van der Waals surface area (Å²) in [4.78, 5) is 12.1. The Morgan fingerprint density at radius 3 is 2.85 bits per heavy atom. The fourth-order valence-corrected chi connectivity index (χ4v) is 4.49. The summed E-state index contributed by atoms with van der Waals surface area (Å²) in [6, 6.07) is 11.1. The van der Waals surface area contributed by atoms with Crippen molar-refractivity contribution in [1.82, 2.24) is 4.72 Å². The highest BCUT2D eigenvalue weighted by atomic mass is 35.5. The highest BCUT2D eigenvalue weighted by molar-refractivity contribution is 7.88. The van der Waals surface area contributed by atoms with E-state index in [9.17, 15) is 9.00 Å². The van der Waals surface area contributed by atoms with Crippen molar-refractivity contribution >= 4 is 28.5 Å². The molecule has 4 rings (SSSR count). The molecule has 1 amide bonds. The van der Waals surface area contributed by atoms with Gasteiger partial charge in [-0.15, -0.1) is 0 Å². The highest BCUT2D eigenvalue weighted by Crippen LogP contribution is 2.42. The summed E-state index contributed by atoms with van der Waals surface area (Å²) >= 11 is 6.23. The molecule has 0 saturated heterocycles. The molecule has 2 atom stereocenters. The standard InChI is InChI=1S/C19H16ClNO4S/c1-11-2-5-16(15(20)8-11)25-12-3-4-13-14(6-7-24-17(13)9-12)18-10-19(22)21-26(18)23/h2-5,8-10,14H,6-7H2,1H3,(H,21,22). The molecule has 7 heteroatoms. The van der Waals surface area contributed by atoms with E-state index in [0.29, 0.717) is 40.2 Å². The maximum atomic E-state index is 12.1. The number of hydrogen-bond acceptors (Lipinski definition) is 4. The summed E-state index contributed by atoms with van der Waals surface area (Å²) < 4.78 is 26.1. The number of aryl methyl sites for hydroxylation is 1. The molecule has 2 aliphatic rings. The molecule has 0 radical (unpaired) electrons. The molecular formula is C19H16ClNO4S. The van der Waals surface area contributed by atoms with E-state index in [2.05, 4.69) is 4.72 Å². The number of carbonyl (C=O) groups is 1. The Morgan fingerprint density at radius 1 is 1.27 bits per heavy atom. The van der Waals surface area contributed by atoms with Gasteiger partial charge >= 0.3 is 0 Å². The molecule has 0 aromatic heterocycles. The predicted molar refractivity (Wildman–Crippen MR) is 99.9 cm³/mol. The van der Waals surface area contributed by atoms with Crippen molar-refractivity contribution in [3.8, 4) is 17.2 Å². The molecule has 5 nitrogen and oxygen atoms in total. The number of amides is 1. The molecule has 2 aromatic carbocycles. The fourth-order valence-electron chi connectivity index (χ4n) is 3.14. The lowest BCUT2D eigenvalue weighted by molar-refractivity contribution is -0.114. The van der Waals surface area contributed by atoms with Crippen LogP contribution in [0.5, 0.6) is 17.2 Å². The molecular weight excluding hydrogens is 374 g/mol. The Kier molecular flexibility index (Phi) is 4.46. The average molecular weight is 390 g/mol. The lowest BCUT2D eigenvalue weighted by Crippen LogP contribution is -2.21. The Labute approximate surface area is 158 Å². The summed E-state index contributed by atoms with van der Waals surface area (Å²) in [7, 11) is -1.48. The molecule has 2 aromatic rings. The first-order chi connectivity index (χ1) is 12.5. The lowest BCUT2D eigenvalue weighted by atomic mass is 9.92.